The van der Waals surface area contributed by atoms with Crippen molar-refractivity contribution in [2.24, 2.45) is 0 Å². The summed E-state index contributed by atoms with van der Waals surface area (Å²) in [6.45, 7) is 0.125. The third-order valence-corrected chi connectivity index (χ3v) is 4.35. The van der Waals surface area contributed by atoms with Crippen LogP contribution in [0.15, 0.2) is 76.1 Å². The summed E-state index contributed by atoms with van der Waals surface area (Å²) in [5.41, 5.74) is 1.17. The number of non-ortho nitro benzene ring substituents is 1. The van der Waals surface area contributed by atoms with Crippen molar-refractivity contribution < 1.29 is 9.72 Å². The number of pyridine rings is 1. The minimum atomic E-state index is -0.492. The van der Waals surface area contributed by atoms with Crippen LogP contribution in [0, 0.1) is 10.1 Å². The van der Waals surface area contributed by atoms with Crippen LogP contribution >= 0.6 is 15.9 Å². The number of rotatable bonds is 5. The van der Waals surface area contributed by atoms with E-state index in [2.05, 4.69) is 21.2 Å². The average molecular weight is 428 g/mol. The fourth-order valence-corrected chi connectivity index (χ4v) is 2.76. The number of aromatic nitrogens is 1. The van der Waals surface area contributed by atoms with Crippen LogP contribution in [0.3, 0.4) is 0 Å². The fourth-order valence-electron chi connectivity index (χ4n) is 2.49. The molecule has 1 amide bonds. The van der Waals surface area contributed by atoms with Crippen molar-refractivity contribution in [1.82, 2.24) is 4.57 Å². The molecule has 0 bridgehead atoms. The quantitative estimate of drug-likeness (QED) is 0.494. The molecule has 0 aliphatic carbocycles. The second-order valence-corrected chi connectivity index (χ2v) is 6.69. The molecule has 0 aliphatic heterocycles. The molecule has 1 aromatic heterocycles. The molecule has 8 heteroatoms. The number of hydrogen-bond acceptors (Lipinski definition) is 4. The normalized spacial score (nSPS) is 10.4. The summed E-state index contributed by atoms with van der Waals surface area (Å²) in [6.07, 6.45) is 1.44. The summed E-state index contributed by atoms with van der Waals surface area (Å²) in [4.78, 5) is 34.9. The summed E-state index contributed by atoms with van der Waals surface area (Å²) >= 11 is 3.33. The molecule has 3 rings (SSSR count). The Hall–Kier alpha value is -3.26. The molecule has 2 aromatic carbocycles. The SMILES string of the molecule is O=C(Nc1ccc(Br)cc1)c1ccc(=O)n(Cc2cccc([N+](=O)[O-])c2)c1. The molecule has 0 saturated heterocycles. The number of carbonyl (C=O) groups excluding carboxylic acids is 1. The maximum atomic E-state index is 12.4. The van der Waals surface area contributed by atoms with E-state index in [0.29, 0.717) is 16.8 Å². The number of nitrogens with one attached hydrogen (secondary N) is 1. The molecule has 1 heterocycles. The van der Waals surface area contributed by atoms with E-state index >= 15 is 0 Å². The van der Waals surface area contributed by atoms with Gasteiger partial charge in [0.15, 0.2) is 0 Å². The molecule has 0 aliphatic rings. The van der Waals surface area contributed by atoms with Gasteiger partial charge in [0.05, 0.1) is 17.0 Å². The third-order valence-electron chi connectivity index (χ3n) is 3.82. The molecular formula is C19H14BrN3O4. The van der Waals surface area contributed by atoms with Crippen LogP contribution < -0.4 is 10.9 Å². The van der Waals surface area contributed by atoms with E-state index in [1.165, 1.54) is 35.0 Å². The second kappa shape index (κ2) is 7.96. The number of nitro groups is 1. The number of halogens is 1. The summed E-state index contributed by atoms with van der Waals surface area (Å²) in [6, 6.07) is 15.9. The van der Waals surface area contributed by atoms with Crippen molar-refractivity contribution in [3.63, 3.8) is 0 Å². The van der Waals surface area contributed by atoms with Gasteiger partial charge in [0.1, 0.15) is 0 Å². The minimum Gasteiger partial charge on any atom is -0.322 e. The van der Waals surface area contributed by atoms with Gasteiger partial charge in [-0.1, -0.05) is 28.1 Å². The van der Waals surface area contributed by atoms with Crippen LogP contribution in [0.1, 0.15) is 15.9 Å². The van der Waals surface area contributed by atoms with E-state index < -0.39 is 4.92 Å². The van der Waals surface area contributed by atoms with Gasteiger partial charge < -0.3 is 9.88 Å². The highest BCUT2D eigenvalue weighted by atomic mass is 79.9. The molecule has 0 fully saturated rings. The first-order chi connectivity index (χ1) is 12.9. The number of nitrogens with zero attached hydrogens (tertiary/aromatic N) is 2. The van der Waals surface area contributed by atoms with E-state index in [-0.39, 0.29) is 23.7 Å². The van der Waals surface area contributed by atoms with Gasteiger partial charge in [-0.3, -0.25) is 19.7 Å². The van der Waals surface area contributed by atoms with Crippen LogP contribution in [-0.2, 0) is 6.54 Å². The minimum absolute atomic E-state index is 0.0512. The molecule has 1 N–H and O–H groups in total. The highest BCUT2D eigenvalue weighted by Crippen LogP contribution is 2.16. The topological polar surface area (TPSA) is 94.2 Å². The maximum Gasteiger partial charge on any atom is 0.269 e. The number of benzene rings is 2. The Labute approximate surface area is 162 Å². The summed E-state index contributed by atoms with van der Waals surface area (Å²) in [5.74, 6) is -0.356. The van der Waals surface area contributed by atoms with Gasteiger partial charge in [0, 0.05) is 34.6 Å². The highest BCUT2D eigenvalue weighted by molar-refractivity contribution is 9.10. The Bertz CT molecular complexity index is 1060. The van der Waals surface area contributed by atoms with Crippen molar-refractivity contribution in [3.05, 3.63) is 103 Å². The zero-order chi connectivity index (χ0) is 19.4. The van der Waals surface area contributed by atoms with Crippen LogP contribution in [0.4, 0.5) is 11.4 Å². The van der Waals surface area contributed by atoms with Crippen molar-refractivity contribution in [1.29, 1.82) is 0 Å². The van der Waals surface area contributed by atoms with E-state index in [4.69, 9.17) is 0 Å². The van der Waals surface area contributed by atoms with Crippen molar-refractivity contribution in [3.8, 4) is 0 Å². The van der Waals surface area contributed by atoms with E-state index in [0.717, 1.165) is 4.47 Å². The Morgan fingerprint density at radius 1 is 1.11 bits per heavy atom. The smallest absolute Gasteiger partial charge is 0.269 e. The molecule has 0 unspecified atom stereocenters. The Morgan fingerprint density at radius 3 is 2.56 bits per heavy atom. The zero-order valence-electron chi connectivity index (χ0n) is 14.0. The van der Waals surface area contributed by atoms with Gasteiger partial charge in [-0.2, -0.15) is 0 Å². The predicted octanol–water partition coefficient (Wildman–Crippen LogP) is 3.82. The third kappa shape index (κ3) is 4.68. The molecule has 27 heavy (non-hydrogen) atoms. The van der Waals surface area contributed by atoms with Gasteiger partial charge in [0.25, 0.3) is 17.2 Å². The largest absolute Gasteiger partial charge is 0.322 e. The van der Waals surface area contributed by atoms with Crippen LogP contribution in [0.5, 0.6) is 0 Å². The number of hydrogen-bond donors (Lipinski definition) is 1. The average Bonchev–Trinajstić information content (AvgIpc) is 2.65. The summed E-state index contributed by atoms with van der Waals surface area (Å²) in [7, 11) is 0. The Morgan fingerprint density at radius 2 is 1.85 bits per heavy atom. The molecule has 0 radical (unpaired) electrons. The monoisotopic (exact) mass is 427 g/mol. The van der Waals surface area contributed by atoms with Gasteiger partial charge in [-0.25, -0.2) is 0 Å². The van der Waals surface area contributed by atoms with Crippen LogP contribution in [0.2, 0.25) is 0 Å². The van der Waals surface area contributed by atoms with E-state index in [1.807, 2.05) is 0 Å². The second-order valence-electron chi connectivity index (χ2n) is 5.77. The first-order valence-corrected chi connectivity index (χ1v) is 8.72. The lowest BCUT2D eigenvalue weighted by molar-refractivity contribution is -0.384. The lowest BCUT2D eigenvalue weighted by Crippen LogP contribution is -2.22. The van der Waals surface area contributed by atoms with Gasteiger partial charge in [-0.15, -0.1) is 0 Å². The molecule has 0 spiro atoms. The molecule has 0 atom stereocenters. The van der Waals surface area contributed by atoms with Gasteiger partial charge in [-0.05, 0) is 35.9 Å². The maximum absolute atomic E-state index is 12.4. The van der Waals surface area contributed by atoms with E-state index in [9.17, 15) is 19.7 Å². The molecular weight excluding hydrogens is 414 g/mol. The lowest BCUT2D eigenvalue weighted by Gasteiger charge is -2.09. The number of amides is 1. The van der Waals surface area contributed by atoms with Crippen LogP contribution in [0.25, 0.3) is 0 Å². The summed E-state index contributed by atoms with van der Waals surface area (Å²) < 4.78 is 2.24. The first-order valence-electron chi connectivity index (χ1n) is 7.93. The van der Waals surface area contributed by atoms with Crippen LogP contribution in [-0.4, -0.2) is 15.4 Å². The first kappa shape index (κ1) is 18.5. The van der Waals surface area contributed by atoms with Crippen molar-refractivity contribution >= 4 is 33.2 Å². The summed E-state index contributed by atoms with van der Waals surface area (Å²) in [5, 5.41) is 13.6. The molecule has 3 aromatic rings. The lowest BCUT2D eigenvalue weighted by atomic mass is 10.2. The zero-order valence-corrected chi connectivity index (χ0v) is 15.5. The molecule has 0 saturated carbocycles. The standard InChI is InChI=1S/C19H14BrN3O4/c20-15-5-7-16(8-6-15)21-19(25)14-4-9-18(24)22(12-14)11-13-2-1-3-17(10-13)23(26)27/h1-10,12H,11H2,(H,21,25). The number of nitro benzene ring substituents is 1. The van der Waals surface area contributed by atoms with Gasteiger partial charge in [0.2, 0.25) is 0 Å². The molecule has 7 nitrogen and oxygen atoms in total. The fraction of sp³-hybridized carbons (Fsp3) is 0.0526. The van der Waals surface area contributed by atoms with E-state index in [1.54, 1.807) is 36.4 Å². The predicted molar refractivity (Wildman–Crippen MR) is 105 cm³/mol. The molecule has 136 valence electrons. The Balaban J connectivity index is 1.82. The van der Waals surface area contributed by atoms with Crippen molar-refractivity contribution in [2.45, 2.75) is 6.54 Å². The Kier molecular flexibility index (Phi) is 5.46. The number of anilines is 1. The number of carbonyl (C=O) groups is 1. The highest BCUT2D eigenvalue weighted by Gasteiger charge is 2.10. The van der Waals surface area contributed by atoms with Crippen molar-refractivity contribution in [2.75, 3.05) is 5.32 Å². The van der Waals surface area contributed by atoms with Gasteiger partial charge >= 0.3 is 0 Å².